The highest BCUT2D eigenvalue weighted by Crippen LogP contribution is 2.37. The van der Waals surface area contributed by atoms with Crippen LogP contribution >= 0.6 is 11.6 Å². The molecule has 1 aromatic rings. The van der Waals surface area contributed by atoms with Gasteiger partial charge in [0.15, 0.2) is 0 Å². The van der Waals surface area contributed by atoms with Gasteiger partial charge >= 0.3 is 6.18 Å². The molecule has 0 bridgehead atoms. The maximum atomic E-state index is 13.2. The molecule has 1 fully saturated rings. The average molecular weight is 385 g/mol. The Bertz CT molecular complexity index is 737. The van der Waals surface area contributed by atoms with Crippen LogP contribution < -0.4 is 0 Å². The Morgan fingerprint density at radius 3 is 2.42 bits per heavy atom. The first kappa shape index (κ1) is 19.0. The summed E-state index contributed by atoms with van der Waals surface area (Å²) in [6.45, 7) is 1.87. The summed E-state index contributed by atoms with van der Waals surface area (Å²) in [4.78, 5) is 12.0. The number of rotatable bonds is 2. The second kappa shape index (κ2) is 6.89. The first-order valence-electron chi connectivity index (χ1n) is 7.16. The summed E-state index contributed by atoms with van der Waals surface area (Å²) in [5.41, 5.74) is -1.29. The van der Waals surface area contributed by atoms with Crippen molar-refractivity contribution in [3.63, 3.8) is 0 Å². The molecule has 0 saturated carbocycles. The zero-order chi connectivity index (χ0) is 18.1. The Morgan fingerprint density at radius 1 is 1.17 bits per heavy atom. The molecule has 0 N–H and O–H groups in total. The van der Waals surface area contributed by atoms with E-state index in [2.05, 4.69) is 0 Å². The third kappa shape index (κ3) is 4.01. The number of hydrogen-bond acceptors (Lipinski definition) is 3. The quantitative estimate of drug-likeness (QED) is 0.787. The van der Waals surface area contributed by atoms with Gasteiger partial charge in [-0.15, -0.1) is 0 Å². The van der Waals surface area contributed by atoms with Gasteiger partial charge in [-0.25, -0.2) is 8.42 Å². The number of nitrogens with zero attached hydrogens (tertiary/aromatic N) is 2. The first-order chi connectivity index (χ1) is 11.0. The van der Waals surface area contributed by atoms with Crippen LogP contribution in [0.1, 0.15) is 18.9 Å². The third-order valence-corrected chi connectivity index (χ3v) is 5.96. The Kier molecular flexibility index (Phi) is 5.46. The fourth-order valence-electron chi connectivity index (χ4n) is 2.54. The van der Waals surface area contributed by atoms with E-state index in [1.807, 2.05) is 0 Å². The molecule has 0 unspecified atom stereocenters. The number of alkyl halides is 3. The second-order valence-corrected chi connectivity index (χ2v) is 7.74. The molecular formula is C14H16ClF3N2O3S. The van der Waals surface area contributed by atoms with Crippen molar-refractivity contribution in [2.45, 2.75) is 24.4 Å². The van der Waals surface area contributed by atoms with E-state index < -0.39 is 26.7 Å². The molecule has 1 aliphatic rings. The molecule has 24 heavy (non-hydrogen) atoms. The molecule has 1 saturated heterocycles. The van der Waals surface area contributed by atoms with Crippen LogP contribution in [0, 0.1) is 0 Å². The molecule has 0 aromatic heterocycles. The van der Waals surface area contributed by atoms with Crippen LogP contribution in [0.15, 0.2) is 23.1 Å². The van der Waals surface area contributed by atoms with Crippen molar-refractivity contribution in [3.05, 3.63) is 28.8 Å². The maximum Gasteiger partial charge on any atom is 0.417 e. The smallest absolute Gasteiger partial charge is 0.342 e. The molecule has 0 atom stereocenters. The van der Waals surface area contributed by atoms with Crippen LogP contribution in [0.5, 0.6) is 0 Å². The molecule has 0 radical (unpaired) electrons. The fourth-order valence-corrected chi connectivity index (χ4v) is 4.37. The SMILES string of the molecule is CC(=O)N1CCCN(S(=O)(=O)c2ccc(Cl)cc2C(F)(F)F)CC1. The zero-order valence-corrected chi connectivity index (χ0v) is 14.4. The topological polar surface area (TPSA) is 57.7 Å². The maximum absolute atomic E-state index is 13.2. The second-order valence-electron chi connectivity index (χ2n) is 5.40. The first-order valence-corrected chi connectivity index (χ1v) is 8.97. The van der Waals surface area contributed by atoms with Crippen molar-refractivity contribution < 1.29 is 26.4 Å². The fraction of sp³-hybridized carbons (Fsp3) is 0.500. The molecule has 134 valence electrons. The van der Waals surface area contributed by atoms with Crippen LogP contribution in [0.3, 0.4) is 0 Å². The van der Waals surface area contributed by atoms with Gasteiger partial charge in [0.2, 0.25) is 15.9 Å². The molecular weight excluding hydrogens is 369 g/mol. The largest absolute Gasteiger partial charge is 0.417 e. The summed E-state index contributed by atoms with van der Waals surface area (Å²) < 4.78 is 65.9. The molecule has 1 heterocycles. The Labute approximate surface area is 143 Å². The number of carbonyl (C=O) groups excluding carboxylic acids is 1. The summed E-state index contributed by atoms with van der Waals surface area (Å²) in [6.07, 6.45) is -4.49. The molecule has 0 aliphatic carbocycles. The number of carbonyl (C=O) groups is 1. The van der Waals surface area contributed by atoms with E-state index in [0.717, 1.165) is 16.4 Å². The Balaban J connectivity index is 2.39. The lowest BCUT2D eigenvalue weighted by Gasteiger charge is -2.23. The normalized spacial score (nSPS) is 17.6. The standard InChI is InChI=1S/C14H16ClF3N2O3S/c1-10(21)19-5-2-6-20(8-7-19)24(22,23)13-4-3-11(15)9-12(13)14(16,17)18/h3-4,9H,2,5-8H2,1H3. The van der Waals surface area contributed by atoms with Gasteiger partial charge in [0.1, 0.15) is 0 Å². The number of benzene rings is 1. The number of amides is 1. The van der Waals surface area contributed by atoms with E-state index >= 15 is 0 Å². The van der Waals surface area contributed by atoms with Crippen LogP contribution in [0.25, 0.3) is 0 Å². The van der Waals surface area contributed by atoms with Gasteiger partial charge in [0.25, 0.3) is 0 Å². The van der Waals surface area contributed by atoms with E-state index in [1.165, 1.54) is 11.8 Å². The van der Waals surface area contributed by atoms with Crippen molar-refractivity contribution in [1.29, 1.82) is 0 Å². The van der Waals surface area contributed by atoms with Crippen LogP contribution in [0.4, 0.5) is 13.2 Å². The van der Waals surface area contributed by atoms with E-state index in [9.17, 15) is 26.4 Å². The molecule has 2 rings (SSSR count). The average Bonchev–Trinajstić information content (AvgIpc) is 2.72. The Hall–Kier alpha value is -1.32. The minimum Gasteiger partial charge on any atom is -0.342 e. The molecule has 5 nitrogen and oxygen atoms in total. The number of halogens is 4. The number of hydrogen-bond donors (Lipinski definition) is 0. The van der Waals surface area contributed by atoms with Gasteiger partial charge < -0.3 is 4.90 Å². The van der Waals surface area contributed by atoms with E-state index in [0.29, 0.717) is 19.0 Å². The van der Waals surface area contributed by atoms with E-state index in [1.54, 1.807) is 0 Å². The van der Waals surface area contributed by atoms with Crippen LogP contribution in [-0.4, -0.2) is 49.7 Å². The predicted molar refractivity (Wildman–Crippen MR) is 82.1 cm³/mol. The zero-order valence-electron chi connectivity index (χ0n) is 12.8. The van der Waals surface area contributed by atoms with Gasteiger partial charge in [-0.3, -0.25) is 4.79 Å². The minimum absolute atomic E-state index is 0.0477. The highest BCUT2D eigenvalue weighted by atomic mass is 35.5. The van der Waals surface area contributed by atoms with Crippen molar-refractivity contribution in [1.82, 2.24) is 9.21 Å². The van der Waals surface area contributed by atoms with Crippen LogP contribution in [-0.2, 0) is 21.0 Å². The highest BCUT2D eigenvalue weighted by Gasteiger charge is 2.39. The van der Waals surface area contributed by atoms with Crippen molar-refractivity contribution >= 4 is 27.5 Å². The van der Waals surface area contributed by atoms with Gasteiger partial charge in [0.05, 0.1) is 10.5 Å². The highest BCUT2D eigenvalue weighted by molar-refractivity contribution is 7.89. The molecule has 1 aliphatic heterocycles. The molecule has 10 heteroatoms. The van der Waals surface area contributed by atoms with E-state index in [-0.39, 0.29) is 30.6 Å². The minimum atomic E-state index is -4.84. The van der Waals surface area contributed by atoms with Crippen molar-refractivity contribution in [2.24, 2.45) is 0 Å². The Morgan fingerprint density at radius 2 is 1.83 bits per heavy atom. The molecule has 1 amide bonds. The summed E-state index contributed by atoms with van der Waals surface area (Å²) in [7, 11) is -4.35. The van der Waals surface area contributed by atoms with Crippen molar-refractivity contribution in [2.75, 3.05) is 26.2 Å². The van der Waals surface area contributed by atoms with Crippen LogP contribution in [0.2, 0.25) is 5.02 Å². The lowest BCUT2D eigenvalue weighted by atomic mass is 10.2. The monoisotopic (exact) mass is 384 g/mol. The van der Waals surface area contributed by atoms with Gasteiger partial charge in [-0.1, -0.05) is 11.6 Å². The molecule has 0 spiro atoms. The predicted octanol–water partition coefficient (Wildman–Crippen LogP) is 2.60. The lowest BCUT2D eigenvalue weighted by Crippen LogP contribution is -2.37. The van der Waals surface area contributed by atoms with Gasteiger partial charge in [0, 0.05) is 38.1 Å². The third-order valence-electron chi connectivity index (χ3n) is 3.77. The lowest BCUT2D eigenvalue weighted by molar-refractivity contribution is -0.140. The van der Waals surface area contributed by atoms with Gasteiger partial charge in [-0.05, 0) is 24.6 Å². The summed E-state index contributed by atoms with van der Waals surface area (Å²) in [6, 6.07) is 2.59. The summed E-state index contributed by atoms with van der Waals surface area (Å²) >= 11 is 5.59. The number of sulfonamides is 1. The van der Waals surface area contributed by atoms with Gasteiger partial charge in [-0.2, -0.15) is 17.5 Å². The molecule has 1 aromatic carbocycles. The van der Waals surface area contributed by atoms with Crippen molar-refractivity contribution in [3.8, 4) is 0 Å². The van der Waals surface area contributed by atoms with E-state index in [4.69, 9.17) is 11.6 Å². The summed E-state index contributed by atoms with van der Waals surface area (Å²) in [5.74, 6) is -0.197. The summed E-state index contributed by atoms with van der Waals surface area (Å²) in [5, 5.41) is -0.195.